The Hall–Kier alpha value is -0.890. The van der Waals surface area contributed by atoms with Crippen LogP contribution >= 0.6 is 23.5 Å². The second-order valence-electron chi connectivity index (χ2n) is 6.89. The SMILES string of the molecule is C=C1NC(=C)N([C@@H]2O[C@](C)(COP(=O)(O)OP(=O)(O)OP(=O)(O)O)[C@H](O)C2O)C=C1C. The maximum atomic E-state index is 11.9. The first-order chi connectivity index (χ1) is 13.9. The fourth-order valence-electron chi connectivity index (χ4n) is 2.72. The average molecular weight is 508 g/mol. The monoisotopic (exact) mass is 508 g/mol. The van der Waals surface area contributed by atoms with Gasteiger partial charge in [-0.2, -0.15) is 8.62 Å². The molecule has 18 heteroatoms. The summed E-state index contributed by atoms with van der Waals surface area (Å²) in [5.74, 6) is 0.254. The highest BCUT2D eigenvalue weighted by Gasteiger charge is 2.55. The molecule has 0 amide bonds. The molecule has 0 saturated carbocycles. The molecule has 7 N–H and O–H groups in total. The molecule has 0 aromatic heterocycles. The molecule has 0 aromatic rings. The third-order valence-electron chi connectivity index (χ3n) is 4.25. The molecule has 178 valence electrons. The van der Waals surface area contributed by atoms with Crippen molar-refractivity contribution in [1.29, 1.82) is 0 Å². The van der Waals surface area contributed by atoms with E-state index in [1.807, 2.05) is 0 Å². The Balaban J connectivity index is 2.12. The zero-order valence-electron chi connectivity index (χ0n) is 16.3. The summed E-state index contributed by atoms with van der Waals surface area (Å²) in [5.41, 5.74) is -0.615. The summed E-state index contributed by atoms with van der Waals surface area (Å²) in [4.78, 5) is 37.2. The number of phosphoric acid groups is 3. The maximum Gasteiger partial charge on any atom is 0.490 e. The van der Waals surface area contributed by atoms with E-state index >= 15 is 0 Å². The van der Waals surface area contributed by atoms with Gasteiger partial charge >= 0.3 is 23.5 Å². The molecule has 0 aliphatic carbocycles. The van der Waals surface area contributed by atoms with E-state index in [2.05, 4.69) is 31.6 Å². The molecule has 2 heterocycles. The second-order valence-corrected chi connectivity index (χ2v) is 11.3. The van der Waals surface area contributed by atoms with Crippen molar-refractivity contribution in [2.24, 2.45) is 0 Å². The third-order valence-corrected chi connectivity index (χ3v) is 8.03. The van der Waals surface area contributed by atoms with E-state index in [-0.39, 0.29) is 5.82 Å². The summed E-state index contributed by atoms with van der Waals surface area (Å²) >= 11 is 0. The lowest BCUT2D eigenvalue weighted by Gasteiger charge is -2.36. The van der Waals surface area contributed by atoms with Gasteiger partial charge in [-0.05, 0) is 19.4 Å². The molecule has 0 bridgehead atoms. The first kappa shape index (κ1) is 26.4. The molecule has 1 fully saturated rings. The molecule has 0 radical (unpaired) electrons. The lowest BCUT2D eigenvalue weighted by Crippen LogP contribution is -2.45. The van der Waals surface area contributed by atoms with Crippen LogP contribution in [-0.2, 0) is 31.6 Å². The van der Waals surface area contributed by atoms with E-state index in [0.29, 0.717) is 11.3 Å². The van der Waals surface area contributed by atoms with Crippen molar-refractivity contribution in [3.8, 4) is 0 Å². The highest BCUT2D eigenvalue weighted by molar-refractivity contribution is 7.66. The Morgan fingerprint density at radius 3 is 2.29 bits per heavy atom. The molecule has 15 nitrogen and oxygen atoms in total. The van der Waals surface area contributed by atoms with Gasteiger partial charge in [-0.3, -0.25) is 4.52 Å². The Morgan fingerprint density at radius 1 is 1.16 bits per heavy atom. The average Bonchev–Trinajstić information content (AvgIpc) is 2.78. The molecular formula is C13H23N2O13P3. The molecule has 2 aliphatic heterocycles. The lowest BCUT2D eigenvalue weighted by atomic mass is 9.98. The number of aliphatic hydroxyl groups is 2. The molecule has 0 spiro atoms. The summed E-state index contributed by atoms with van der Waals surface area (Å²) in [7, 11) is -16.7. The molecule has 6 atom stereocenters. The van der Waals surface area contributed by atoms with Crippen molar-refractivity contribution < 1.29 is 61.4 Å². The minimum Gasteiger partial charge on any atom is -0.387 e. The zero-order valence-corrected chi connectivity index (χ0v) is 18.9. The van der Waals surface area contributed by atoms with Crippen LogP contribution in [0.5, 0.6) is 0 Å². The van der Waals surface area contributed by atoms with Gasteiger partial charge in [0.25, 0.3) is 0 Å². The van der Waals surface area contributed by atoms with Gasteiger partial charge in [0, 0.05) is 11.9 Å². The van der Waals surface area contributed by atoms with Crippen LogP contribution in [0.2, 0.25) is 0 Å². The summed E-state index contributed by atoms with van der Waals surface area (Å²) in [6.45, 7) is 9.48. The number of nitrogens with one attached hydrogen (secondary N) is 1. The Kier molecular flexibility index (Phi) is 7.49. The van der Waals surface area contributed by atoms with Crippen LogP contribution in [0.4, 0.5) is 0 Å². The molecule has 2 rings (SSSR count). The predicted molar refractivity (Wildman–Crippen MR) is 102 cm³/mol. The Morgan fingerprint density at radius 2 is 1.74 bits per heavy atom. The van der Waals surface area contributed by atoms with Crippen LogP contribution in [0.3, 0.4) is 0 Å². The van der Waals surface area contributed by atoms with Gasteiger partial charge in [-0.15, -0.1) is 0 Å². The van der Waals surface area contributed by atoms with Crippen molar-refractivity contribution in [3.05, 3.63) is 36.4 Å². The highest BCUT2D eigenvalue weighted by atomic mass is 31.3. The second kappa shape index (κ2) is 8.81. The van der Waals surface area contributed by atoms with Crippen LogP contribution in [-0.4, -0.2) is 65.3 Å². The minimum atomic E-state index is -5.70. The van der Waals surface area contributed by atoms with E-state index in [4.69, 9.17) is 14.5 Å². The number of nitrogens with zero attached hydrogens (tertiary/aromatic N) is 1. The number of phosphoric ester groups is 1. The quantitative estimate of drug-likeness (QED) is 0.214. The number of aliphatic hydroxyl groups excluding tert-OH is 2. The number of ether oxygens (including phenoxy) is 1. The van der Waals surface area contributed by atoms with Gasteiger partial charge in [-0.25, -0.2) is 13.7 Å². The van der Waals surface area contributed by atoms with Gasteiger partial charge in [0.05, 0.1) is 6.61 Å². The number of hydrogen-bond donors (Lipinski definition) is 7. The zero-order chi connectivity index (χ0) is 24.0. The largest absolute Gasteiger partial charge is 0.490 e. The van der Waals surface area contributed by atoms with Gasteiger partial charge in [0.15, 0.2) is 6.23 Å². The van der Waals surface area contributed by atoms with Crippen LogP contribution in [0.25, 0.3) is 0 Å². The minimum absolute atomic E-state index is 0.254. The van der Waals surface area contributed by atoms with Gasteiger partial charge in [0.2, 0.25) is 0 Å². The first-order valence-electron chi connectivity index (χ1n) is 8.30. The number of rotatable bonds is 8. The summed E-state index contributed by atoms with van der Waals surface area (Å²) < 4.78 is 51.3. The Bertz CT molecular complexity index is 932. The van der Waals surface area contributed by atoms with E-state index in [1.54, 1.807) is 6.92 Å². The Labute approximate surface area is 176 Å². The number of hydrogen-bond acceptors (Lipinski definition) is 11. The lowest BCUT2D eigenvalue weighted by molar-refractivity contribution is -0.123. The normalized spacial score (nSPS) is 33.5. The van der Waals surface area contributed by atoms with Crippen molar-refractivity contribution in [3.63, 3.8) is 0 Å². The van der Waals surface area contributed by atoms with Crippen molar-refractivity contribution in [1.82, 2.24) is 10.2 Å². The standard InChI is InChI=1S/C13H23N2O13P3/c1-7-5-15(9(3)14-8(7)2)12-10(16)11(17)13(4,26-12)6-25-30(21,22)28-31(23,24)27-29(18,19)20/h5,10-12,14,16-17H,2-3,6H2,1,4H3,(H,21,22)(H,23,24)(H2,18,19,20)/t10?,11-,12-,13-/m1/s1. The smallest absolute Gasteiger partial charge is 0.387 e. The fourth-order valence-corrected chi connectivity index (χ4v) is 5.83. The molecule has 0 aromatic carbocycles. The maximum absolute atomic E-state index is 11.9. The van der Waals surface area contributed by atoms with E-state index in [1.165, 1.54) is 18.0 Å². The number of allylic oxidation sites excluding steroid dienone is 1. The van der Waals surface area contributed by atoms with Gasteiger partial charge < -0.3 is 44.7 Å². The molecule has 1 saturated heterocycles. The first-order valence-corrected chi connectivity index (χ1v) is 12.8. The van der Waals surface area contributed by atoms with Crippen LogP contribution in [0.1, 0.15) is 13.8 Å². The van der Waals surface area contributed by atoms with Crippen LogP contribution in [0, 0.1) is 0 Å². The fraction of sp³-hybridized carbons (Fsp3) is 0.538. The summed E-state index contributed by atoms with van der Waals surface area (Å²) in [5, 5.41) is 23.6. The molecule has 2 aliphatic rings. The van der Waals surface area contributed by atoms with E-state index in [0.717, 1.165) is 0 Å². The summed E-state index contributed by atoms with van der Waals surface area (Å²) in [6.07, 6.45) is -2.90. The molecule has 31 heavy (non-hydrogen) atoms. The highest BCUT2D eigenvalue weighted by Crippen LogP contribution is 2.66. The van der Waals surface area contributed by atoms with Gasteiger partial charge in [-0.1, -0.05) is 13.2 Å². The van der Waals surface area contributed by atoms with Crippen molar-refractivity contribution in [2.45, 2.75) is 37.9 Å². The topological polar surface area (TPSA) is 225 Å². The van der Waals surface area contributed by atoms with Crippen LogP contribution < -0.4 is 5.32 Å². The van der Waals surface area contributed by atoms with Crippen LogP contribution in [0.15, 0.2) is 36.4 Å². The molecular weight excluding hydrogens is 485 g/mol. The third kappa shape index (κ3) is 6.56. The van der Waals surface area contributed by atoms with Crippen molar-refractivity contribution in [2.75, 3.05) is 6.61 Å². The van der Waals surface area contributed by atoms with E-state index in [9.17, 15) is 33.7 Å². The van der Waals surface area contributed by atoms with E-state index < -0.39 is 54.1 Å². The molecule has 3 unspecified atom stereocenters. The summed E-state index contributed by atoms with van der Waals surface area (Å²) in [6, 6.07) is 0. The van der Waals surface area contributed by atoms with Crippen molar-refractivity contribution >= 4 is 23.5 Å². The van der Waals surface area contributed by atoms with Gasteiger partial charge in [0.1, 0.15) is 23.6 Å². The predicted octanol–water partition coefficient (Wildman–Crippen LogP) is -0.0396.